The predicted molar refractivity (Wildman–Crippen MR) is 74.1 cm³/mol. The van der Waals surface area contributed by atoms with Crippen molar-refractivity contribution in [1.29, 1.82) is 0 Å². The van der Waals surface area contributed by atoms with Crippen molar-refractivity contribution in [3.63, 3.8) is 0 Å². The van der Waals surface area contributed by atoms with Crippen LogP contribution >= 0.6 is 11.3 Å². The first-order valence-electron chi connectivity index (χ1n) is 5.86. The molecule has 1 atom stereocenters. The fourth-order valence-electron chi connectivity index (χ4n) is 1.79. The number of rotatable bonds is 5. The lowest BCUT2D eigenvalue weighted by Gasteiger charge is -2.28. The van der Waals surface area contributed by atoms with Crippen LogP contribution in [0.5, 0.6) is 0 Å². The van der Waals surface area contributed by atoms with Crippen LogP contribution in [0.15, 0.2) is 41.8 Å². The van der Waals surface area contributed by atoms with E-state index in [1.807, 2.05) is 17.5 Å². The van der Waals surface area contributed by atoms with Crippen LogP contribution in [0.4, 0.5) is 4.39 Å². The number of nitrogens with one attached hydrogen (secondary N) is 1. The van der Waals surface area contributed by atoms with Crippen LogP contribution < -0.4 is 11.1 Å². The minimum Gasteiger partial charge on any atom is -0.368 e. The number of amides is 1. The first-order valence-corrected chi connectivity index (χ1v) is 6.74. The molecule has 0 fully saturated rings. The smallest absolute Gasteiger partial charge is 0.242 e. The van der Waals surface area contributed by atoms with Gasteiger partial charge in [0.25, 0.3) is 0 Å². The van der Waals surface area contributed by atoms with Gasteiger partial charge in [-0.15, -0.1) is 11.3 Å². The highest BCUT2D eigenvalue weighted by Gasteiger charge is 2.32. The molecule has 5 heteroatoms. The van der Waals surface area contributed by atoms with Gasteiger partial charge in [0.15, 0.2) is 0 Å². The monoisotopic (exact) mass is 278 g/mol. The molecule has 2 rings (SSSR count). The number of carbonyl (C=O) groups is 1. The van der Waals surface area contributed by atoms with E-state index in [-0.39, 0.29) is 5.82 Å². The quantitative estimate of drug-likeness (QED) is 0.882. The Morgan fingerprint density at radius 2 is 2.05 bits per heavy atom. The molecule has 1 unspecified atom stereocenters. The van der Waals surface area contributed by atoms with Crippen molar-refractivity contribution < 1.29 is 9.18 Å². The van der Waals surface area contributed by atoms with E-state index in [1.165, 1.54) is 12.1 Å². The molecule has 19 heavy (non-hydrogen) atoms. The van der Waals surface area contributed by atoms with E-state index in [0.717, 1.165) is 4.88 Å². The summed E-state index contributed by atoms with van der Waals surface area (Å²) in [6.45, 7) is 2.24. The zero-order valence-corrected chi connectivity index (χ0v) is 11.3. The maximum absolute atomic E-state index is 13.0. The molecule has 2 aromatic rings. The van der Waals surface area contributed by atoms with Crippen molar-refractivity contribution in [3.05, 3.63) is 58.0 Å². The van der Waals surface area contributed by atoms with Crippen molar-refractivity contribution in [2.45, 2.75) is 19.0 Å². The Hall–Kier alpha value is -1.72. The average molecular weight is 278 g/mol. The third-order valence-corrected chi connectivity index (χ3v) is 3.99. The van der Waals surface area contributed by atoms with Crippen LogP contribution in [-0.2, 0) is 16.9 Å². The summed E-state index contributed by atoms with van der Waals surface area (Å²) in [5, 5.41) is 5.12. The highest BCUT2D eigenvalue weighted by Crippen LogP contribution is 2.22. The minimum atomic E-state index is -1.02. The predicted octanol–water partition coefficient (Wildman–Crippen LogP) is 2.38. The first-order chi connectivity index (χ1) is 9.02. The van der Waals surface area contributed by atoms with Crippen molar-refractivity contribution in [1.82, 2.24) is 5.32 Å². The Labute approximate surface area is 115 Å². The zero-order chi connectivity index (χ0) is 13.9. The summed E-state index contributed by atoms with van der Waals surface area (Å²) < 4.78 is 13.0. The van der Waals surface area contributed by atoms with E-state index in [2.05, 4.69) is 5.32 Å². The molecule has 0 aliphatic heterocycles. The Balaban J connectivity index is 2.22. The van der Waals surface area contributed by atoms with E-state index in [1.54, 1.807) is 30.4 Å². The molecule has 0 saturated heterocycles. The molecule has 1 heterocycles. The van der Waals surface area contributed by atoms with E-state index in [9.17, 15) is 9.18 Å². The van der Waals surface area contributed by atoms with Gasteiger partial charge in [-0.1, -0.05) is 18.2 Å². The molecule has 0 spiro atoms. The highest BCUT2D eigenvalue weighted by atomic mass is 32.1. The molecule has 1 amide bonds. The molecular formula is C14H15FN2OS. The lowest BCUT2D eigenvalue weighted by molar-refractivity contribution is -0.124. The molecule has 3 nitrogen and oxygen atoms in total. The van der Waals surface area contributed by atoms with E-state index >= 15 is 0 Å². The fraction of sp³-hybridized carbons (Fsp3) is 0.214. The summed E-state index contributed by atoms with van der Waals surface area (Å²) in [5.41, 5.74) is 5.12. The van der Waals surface area contributed by atoms with Crippen LogP contribution in [-0.4, -0.2) is 5.91 Å². The molecule has 100 valence electrons. The number of thiophene rings is 1. The Morgan fingerprint density at radius 1 is 1.37 bits per heavy atom. The van der Waals surface area contributed by atoms with E-state index < -0.39 is 11.4 Å². The highest BCUT2D eigenvalue weighted by molar-refractivity contribution is 7.09. The Kier molecular flexibility index (Phi) is 3.97. The largest absolute Gasteiger partial charge is 0.368 e. The molecule has 0 aliphatic carbocycles. The standard InChI is InChI=1S/C14H15FN2OS/c1-14(13(16)18,10-4-6-11(15)7-5-10)17-9-12-3-2-8-19-12/h2-8,17H,9H2,1H3,(H2,16,18). The van der Waals surface area contributed by atoms with Gasteiger partial charge in [0.2, 0.25) is 5.91 Å². The zero-order valence-electron chi connectivity index (χ0n) is 10.5. The van der Waals surface area contributed by atoms with E-state index in [0.29, 0.717) is 12.1 Å². The van der Waals surface area contributed by atoms with E-state index in [4.69, 9.17) is 5.73 Å². The summed E-state index contributed by atoms with van der Waals surface area (Å²) in [7, 11) is 0. The molecule has 3 N–H and O–H groups in total. The van der Waals surface area contributed by atoms with Gasteiger partial charge < -0.3 is 5.73 Å². The number of hydrogen-bond donors (Lipinski definition) is 2. The van der Waals surface area contributed by atoms with Gasteiger partial charge in [-0.25, -0.2) is 4.39 Å². The Morgan fingerprint density at radius 3 is 2.58 bits per heavy atom. The first kappa shape index (κ1) is 13.7. The second kappa shape index (κ2) is 5.50. The van der Waals surface area contributed by atoms with Gasteiger partial charge in [-0.2, -0.15) is 0 Å². The van der Waals surface area contributed by atoms with Gasteiger partial charge in [-0.05, 0) is 36.1 Å². The van der Waals surface area contributed by atoms with Crippen molar-refractivity contribution in [2.24, 2.45) is 5.73 Å². The normalized spacial score (nSPS) is 14.0. The molecule has 0 bridgehead atoms. The summed E-state index contributed by atoms with van der Waals surface area (Å²) >= 11 is 1.60. The van der Waals surface area contributed by atoms with Crippen LogP contribution in [0, 0.1) is 5.82 Å². The van der Waals surface area contributed by atoms with Crippen LogP contribution in [0.25, 0.3) is 0 Å². The van der Waals surface area contributed by atoms with Gasteiger partial charge in [-0.3, -0.25) is 10.1 Å². The molecule has 1 aromatic heterocycles. The number of halogens is 1. The third-order valence-electron chi connectivity index (χ3n) is 3.11. The molecule has 0 saturated carbocycles. The lowest BCUT2D eigenvalue weighted by Crippen LogP contribution is -2.49. The van der Waals surface area contributed by atoms with Gasteiger partial charge in [0.1, 0.15) is 11.4 Å². The third kappa shape index (κ3) is 3.00. The van der Waals surface area contributed by atoms with Gasteiger partial charge in [0, 0.05) is 11.4 Å². The van der Waals surface area contributed by atoms with Crippen LogP contribution in [0.2, 0.25) is 0 Å². The second-order valence-corrected chi connectivity index (χ2v) is 5.46. The average Bonchev–Trinajstić information content (AvgIpc) is 2.89. The van der Waals surface area contributed by atoms with Crippen molar-refractivity contribution in [3.8, 4) is 0 Å². The van der Waals surface area contributed by atoms with Crippen LogP contribution in [0.1, 0.15) is 17.4 Å². The topological polar surface area (TPSA) is 55.1 Å². The lowest BCUT2D eigenvalue weighted by atomic mass is 9.91. The number of benzene rings is 1. The number of hydrogen-bond acceptors (Lipinski definition) is 3. The number of carbonyl (C=O) groups excluding carboxylic acids is 1. The molecule has 0 aliphatic rings. The van der Waals surface area contributed by atoms with Crippen molar-refractivity contribution in [2.75, 3.05) is 0 Å². The summed E-state index contributed by atoms with van der Waals surface area (Å²) in [4.78, 5) is 12.8. The summed E-state index contributed by atoms with van der Waals surface area (Å²) in [6.07, 6.45) is 0. The molecular weight excluding hydrogens is 263 g/mol. The molecule has 0 radical (unpaired) electrons. The number of primary amides is 1. The Bertz CT molecular complexity index is 553. The maximum atomic E-state index is 13.0. The molecule has 1 aromatic carbocycles. The minimum absolute atomic E-state index is 0.339. The summed E-state index contributed by atoms with van der Waals surface area (Å²) in [5.74, 6) is -0.829. The maximum Gasteiger partial charge on any atom is 0.242 e. The second-order valence-electron chi connectivity index (χ2n) is 4.43. The van der Waals surface area contributed by atoms with Gasteiger partial charge in [0.05, 0.1) is 0 Å². The number of nitrogens with two attached hydrogens (primary N) is 1. The fourth-order valence-corrected chi connectivity index (χ4v) is 2.44. The van der Waals surface area contributed by atoms with Gasteiger partial charge >= 0.3 is 0 Å². The SMILES string of the molecule is CC(NCc1cccs1)(C(N)=O)c1ccc(F)cc1. The van der Waals surface area contributed by atoms with Crippen molar-refractivity contribution >= 4 is 17.2 Å². The van der Waals surface area contributed by atoms with Crippen LogP contribution in [0.3, 0.4) is 0 Å². The summed E-state index contributed by atoms with van der Waals surface area (Å²) in [6, 6.07) is 9.71.